The molecule has 7 nitrogen and oxygen atoms in total. The third-order valence-corrected chi connectivity index (χ3v) is 18.8. The Morgan fingerprint density at radius 3 is 2.30 bits per heavy atom. The molecule has 3 aliphatic rings. The van der Waals surface area contributed by atoms with Crippen molar-refractivity contribution >= 4 is 22.5 Å². The molecule has 5 atom stereocenters. The zero-order valence-corrected chi connectivity index (χ0v) is 24.1. The van der Waals surface area contributed by atoms with E-state index >= 15 is 0 Å². The molecule has 3 aliphatic heterocycles. The molecule has 0 bridgehead atoms. The highest BCUT2D eigenvalue weighted by Gasteiger charge is 2.76. The largest absolute Gasteiger partial charge is 0.417 e. The summed E-state index contributed by atoms with van der Waals surface area (Å²) < 4.78 is 18.9. The number of nitrogens with zero attached hydrogens (tertiary/aromatic N) is 1. The molecule has 0 unspecified atom stereocenters. The molecular weight excluding hydrogens is 454 g/mol. The predicted molar refractivity (Wildman–Crippen MR) is 134 cm³/mol. The van der Waals surface area contributed by atoms with Crippen molar-refractivity contribution in [3.8, 4) is 0 Å². The summed E-state index contributed by atoms with van der Waals surface area (Å²) in [5.41, 5.74) is -1.74. The van der Waals surface area contributed by atoms with E-state index in [4.69, 9.17) is 13.6 Å². The van der Waals surface area contributed by atoms with Gasteiger partial charge in [-0.25, -0.2) is 0 Å². The van der Waals surface area contributed by atoms with Crippen LogP contribution in [0, 0.1) is 5.41 Å². The fourth-order valence-corrected chi connectivity index (χ4v) is 10.1. The summed E-state index contributed by atoms with van der Waals surface area (Å²) in [6.45, 7) is 19.0. The second-order valence-electron chi connectivity index (χ2n) is 12.0. The Bertz CT molecular complexity index is 716. The van der Waals surface area contributed by atoms with E-state index in [0.29, 0.717) is 32.4 Å². The zero-order valence-electron chi connectivity index (χ0n) is 22.1. The van der Waals surface area contributed by atoms with Crippen molar-refractivity contribution in [3.05, 3.63) is 0 Å². The van der Waals surface area contributed by atoms with Crippen LogP contribution in [0.2, 0.25) is 36.3 Å². The molecule has 192 valence electrons. The first-order chi connectivity index (χ1) is 15.3. The van der Waals surface area contributed by atoms with E-state index in [1.807, 2.05) is 0 Å². The molecular formula is C24H47NO6Si2. The van der Waals surface area contributed by atoms with Crippen LogP contribution in [0.25, 0.3) is 0 Å². The number of carbonyl (C=O) groups excluding carboxylic acids is 1. The van der Waals surface area contributed by atoms with Crippen molar-refractivity contribution in [2.75, 3.05) is 19.8 Å². The van der Waals surface area contributed by atoms with E-state index < -0.39 is 40.0 Å². The molecule has 2 N–H and O–H groups in total. The zero-order chi connectivity index (χ0) is 24.9. The Balaban J connectivity index is 1.80. The first kappa shape index (κ1) is 27.3. The molecule has 0 saturated carbocycles. The van der Waals surface area contributed by atoms with Crippen molar-refractivity contribution in [1.29, 1.82) is 0 Å². The smallest absolute Gasteiger partial charge is 0.252 e. The number of carbonyl (C=O) groups is 1. The molecule has 3 fully saturated rings. The molecule has 1 amide bonds. The maximum atomic E-state index is 13.2. The van der Waals surface area contributed by atoms with E-state index in [2.05, 4.69) is 54.6 Å². The van der Waals surface area contributed by atoms with Crippen LogP contribution >= 0.6 is 0 Å². The van der Waals surface area contributed by atoms with Gasteiger partial charge in [-0.2, -0.15) is 0 Å². The Labute approximate surface area is 202 Å². The van der Waals surface area contributed by atoms with Crippen LogP contribution in [0.3, 0.4) is 0 Å². The van der Waals surface area contributed by atoms with E-state index in [0.717, 1.165) is 18.1 Å². The van der Waals surface area contributed by atoms with Gasteiger partial charge in [0.2, 0.25) is 0 Å². The molecule has 33 heavy (non-hydrogen) atoms. The number of hydrogen-bond acceptors (Lipinski definition) is 6. The van der Waals surface area contributed by atoms with E-state index in [1.54, 1.807) is 4.90 Å². The van der Waals surface area contributed by atoms with Gasteiger partial charge in [0.25, 0.3) is 5.91 Å². The minimum Gasteiger partial charge on any atom is -0.417 e. The third kappa shape index (κ3) is 4.19. The number of amides is 1. The minimum absolute atomic E-state index is 0.0651. The molecule has 3 rings (SSSR count). The van der Waals surface area contributed by atoms with Gasteiger partial charge in [0.1, 0.15) is 6.10 Å². The molecule has 0 aromatic carbocycles. The monoisotopic (exact) mass is 501 g/mol. The quantitative estimate of drug-likeness (QED) is 0.349. The van der Waals surface area contributed by atoms with Crippen LogP contribution in [0.15, 0.2) is 0 Å². The first-order valence-electron chi connectivity index (χ1n) is 12.9. The first-order valence-corrected chi connectivity index (χ1v) is 18.3. The summed E-state index contributed by atoms with van der Waals surface area (Å²) in [6.07, 6.45) is -0.727. The van der Waals surface area contributed by atoms with Gasteiger partial charge in [-0.1, -0.05) is 41.5 Å². The second kappa shape index (κ2) is 9.30. The van der Waals surface area contributed by atoms with Crippen LogP contribution in [-0.4, -0.2) is 81.5 Å². The Hall–Kier alpha value is -0.296. The Morgan fingerprint density at radius 1 is 1.15 bits per heavy atom. The van der Waals surface area contributed by atoms with Crippen molar-refractivity contribution in [2.24, 2.45) is 5.41 Å². The summed E-state index contributed by atoms with van der Waals surface area (Å²) >= 11 is 0. The summed E-state index contributed by atoms with van der Waals surface area (Å²) in [5, 5.41) is 22.3. The van der Waals surface area contributed by atoms with E-state index in [-0.39, 0.29) is 23.7 Å². The summed E-state index contributed by atoms with van der Waals surface area (Å²) in [6, 6.07) is 3.15. The fraction of sp³-hybridized carbons (Fsp3) is 0.958. The normalized spacial score (nSPS) is 34.8. The van der Waals surface area contributed by atoms with Gasteiger partial charge in [0.05, 0.1) is 23.7 Å². The van der Waals surface area contributed by atoms with Crippen molar-refractivity contribution in [3.63, 3.8) is 0 Å². The number of hydrogen-bond donors (Lipinski definition) is 2. The number of aliphatic hydroxyl groups excluding tert-OH is 2. The maximum Gasteiger partial charge on any atom is 0.252 e. The molecule has 0 radical (unpaired) electrons. The lowest BCUT2D eigenvalue weighted by molar-refractivity contribution is -0.165. The van der Waals surface area contributed by atoms with Gasteiger partial charge >= 0.3 is 0 Å². The summed E-state index contributed by atoms with van der Waals surface area (Å²) in [4.78, 5) is 15.0. The minimum atomic E-state index is -1.89. The molecule has 3 saturated heterocycles. The predicted octanol–water partition coefficient (Wildman–Crippen LogP) is 3.86. The highest BCUT2D eigenvalue weighted by molar-refractivity contribution is 6.74. The number of rotatable bonds is 10. The van der Waals surface area contributed by atoms with Crippen LogP contribution in [0.5, 0.6) is 0 Å². The third-order valence-electron chi connectivity index (χ3n) is 9.60. The average Bonchev–Trinajstić information content (AvgIpc) is 3.31. The van der Waals surface area contributed by atoms with E-state index in [1.165, 1.54) is 0 Å². The van der Waals surface area contributed by atoms with Crippen LogP contribution in [0.1, 0.15) is 60.8 Å². The SMILES string of the molecule is CC[Si](CC)(CC)O[C@H]1CN2C(=O)[C@@H](O)[C@]3(CCCO[Si](C)(C)C(C)(C)C)[C@@H](O)OC[C@]23C1. The summed E-state index contributed by atoms with van der Waals surface area (Å²) in [7, 11) is -3.74. The molecule has 0 aromatic rings. The van der Waals surface area contributed by atoms with E-state index in [9.17, 15) is 15.0 Å². The standard InChI is InChI=1S/C24H47NO6Si2/c1-9-33(10-2,11-3)31-18-15-23-17-29-21(28)24(23,19(26)20(27)25(23)16-18)13-12-14-30-32(7,8)22(4,5)6/h18-19,21,26,28H,9-17H2,1-8H3/t18-,19-,21+,23+,24-/m1/s1. The van der Waals surface area contributed by atoms with Crippen molar-refractivity contribution in [1.82, 2.24) is 4.90 Å². The van der Waals surface area contributed by atoms with Crippen molar-refractivity contribution in [2.45, 2.75) is 121 Å². The highest BCUT2D eigenvalue weighted by atomic mass is 28.4. The number of ether oxygens (including phenoxy) is 1. The maximum absolute atomic E-state index is 13.2. The average molecular weight is 502 g/mol. The van der Waals surface area contributed by atoms with Gasteiger partial charge in [-0.3, -0.25) is 4.79 Å². The van der Waals surface area contributed by atoms with Gasteiger partial charge in [0.15, 0.2) is 22.9 Å². The van der Waals surface area contributed by atoms with Gasteiger partial charge in [-0.05, 0) is 49.1 Å². The van der Waals surface area contributed by atoms with Gasteiger partial charge < -0.3 is 28.7 Å². The molecule has 3 heterocycles. The van der Waals surface area contributed by atoms with Crippen LogP contribution in [-0.2, 0) is 18.4 Å². The van der Waals surface area contributed by atoms with Crippen molar-refractivity contribution < 1.29 is 28.6 Å². The fourth-order valence-electron chi connectivity index (χ4n) is 6.13. The number of aliphatic hydroxyl groups is 2. The lowest BCUT2D eigenvalue weighted by Gasteiger charge is -2.41. The van der Waals surface area contributed by atoms with Crippen LogP contribution < -0.4 is 0 Å². The molecule has 1 spiro atoms. The second-order valence-corrected chi connectivity index (χ2v) is 21.5. The lowest BCUT2D eigenvalue weighted by atomic mass is 9.66. The van der Waals surface area contributed by atoms with Gasteiger partial charge in [0, 0.05) is 19.6 Å². The molecule has 0 aliphatic carbocycles. The Kier molecular flexibility index (Phi) is 7.69. The highest BCUT2D eigenvalue weighted by Crippen LogP contribution is 2.61. The van der Waals surface area contributed by atoms with Crippen LogP contribution in [0.4, 0.5) is 0 Å². The van der Waals surface area contributed by atoms with Gasteiger partial charge in [-0.15, -0.1) is 0 Å². The summed E-state index contributed by atoms with van der Waals surface area (Å²) in [5.74, 6) is -0.287. The molecule has 0 aromatic heterocycles. The lowest BCUT2D eigenvalue weighted by Crippen LogP contribution is -2.55. The Morgan fingerprint density at radius 2 is 1.76 bits per heavy atom. The molecule has 9 heteroatoms. The topological polar surface area (TPSA) is 88.5 Å².